The molecular formula is C20H26N6O2. The van der Waals surface area contributed by atoms with Crippen LogP contribution in [0, 0.1) is 0 Å². The van der Waals surface area contributed by atoms with E-state index in [1.807, 2.05) is 25.1 Å². The number of benzene rings is 1. The largest absolute Gasteiger partial charge is 0.377 e. The molecule has 3 aromatic rings. The van der Waals surface area contributed by atoms with Crippen molar-refractivity contribution in [2.75, 3.05) is 24.6 Å². The Morgan fingerprint density at radius 2 is 2.11 bits per heavy atom. The molecular weight excluding hydrogens is 356 g/mol. The van der Waals surface area contributed by atoms with E-state index < -0.39 is 0 Å². The number of piperidine rings is 1. The molecule has 1 unspecified atom stereocenters. The molecule has 1 fully saturated rings. The first kappa shape index (κ1) is 18.5. The minimum absolute atomic E-state index is 0.189. The molecule has 1 atom stereocenters. The highest BCUT2D eigenvalue weighted by molar-refractivity contribution is 5.55. The maximum Gasteiger partial charge on any atom is 0.274 e. The van der Waals surface area contributed by atoms with Crippen LogP contribution in [0.2, 0.25) is 0 Å². The number of rotatable bonds is 7. The van der Waals surface area contributed by atoms with Gasteiger partial charge in [0.2, 0.25) is 5.95 Å². The molecule has 28 heavy (non-hydrogen) atoms. The number of hydrogen-bond donors (Lipinski definition) is 2. The van der Waals surface area contributed by atoms with E-state index in [-0.39, 0.29) is 11.7 Å². The van der Waals surface area contributed by atoms with Crippen LogP contribution in [0.3, 0.4) is 0 Å². The van der Waals surface area contributed by atoms with Gasteiger partial charge in [-0.3, -0.25) is 14.5 Å². The van der Waals surface area contributed by atoms with Crippen molar-refractivity contribution < 1.29 is 4.74 Å². The average Bonchev–Trinajstić information content (AvgIpc) is 3.33. The molecule has 1 aromatic carbocycles. The van der Waals surface area contributed by atoms with Crippen molar-refractivity contribution in [3.05, 3.63) is 52.4 Å². The lowest BCUT2D eigenvalue weighted by Crippen LogP contribution is -2.41. The summed E-state index contributed by atoms with van der Waals surface area (Å²) in [5.74, 6) is 1.39. The third-order valence-corrected chi connectivity index (χ3v) is 5.15. The summed E-state index contributed by atoms with van der Waals surface area (Å²) >= 11 is 0. The molecule has 2 aromatic heterocycles. The van der Waals surface area contributed by atoms with E-state index in [9.17, 15) is 4.79 Å². The second-order valence-electron chi connectivity index (χ2n) is 7.03. The Morgan fingerprint density at radius 1 is 1.25 bits per heavy atom. The Labute approximate surface area is 163 Å². The molecule has 1 aliphatic heterocycles. The second-order valence-corrected chi connectivity index (χ2v) is 7.03. The van der Waals surface area contributed by atoms with Crippen LogP contribution in [0.25, 0.3) is 11.4 Å². The first-order valence-electron chi connectivity index (χ1n) is 9.86. The van der Waals surface area contributed by atoms with E-state index in [0.29, 0.717) is 24.5 Å². The number of aromatic amines is 2. The summed E-state index contributed by atoms with van der Waals surface area (Å²) in [6.07, 6.45) is 4.80. The van der Waals surface area contributed by atoms with Crippen LogP contribution in [0.1, 0.15) is 25.3 Å². The number of anilines is 1. The highest BCUT2D eigenvalue weighted by atomic mass is 16.5. The fourth-order valence-electron chi connectivity index (χ4n) is 3.78. The maximum atomic E-state index is 12.2. The SMILES string of the molecule is CCOC1CCCN(c2nnc(-c3c[nH][nH]c3=O)n2CCc2ccccc2)C1. The van der Waals surface area contributed by atoms with E-state index in [1.165, 1.54) is 5.56 Å². The van der Waals surface area contributed by atoms with Gasteiger partial charge in [0.05, 0.1) is 6.10 Å². The van der Waals surface area contributed by atoms with E-state index in [0.717, 1.165) is 38.3 Å². The lowest BCUT2D eigenvalue weighted by atomic mass is 10.1. The summed E-state index contributed by atoms with van der Waals surface area (Å²) in [6, 6.07) is 10.3. The van der Waals surface area contributed by atoms with Crippen molar-refractivity contribution in [3.63, 3.8) is 0 Å². The Kier molecular flexibility index (Phi) is 5.57. The summed E-state index contributed by atoms with van der Waals surface area (Å²) in [4.78, 5) is 14.4. The van der Waals surface area contributed by atoms with E-state index in [1.54, 1.807) is 6.20 Å². The zero-order valence-corrected chi connectivity index (χ0v) is 16.1. The fourth-order valence-corrected chi connectivity index (χ4v) is 3.78. The average molecular weight is 382 g/mol. The van der Waals surface area contributed by atoms with Crippen LogP contribution in [-0.4, -0.2) is 50.8 Å². The lowest BCUT2D eigenvalue weighted by molar-refractivity contribution is 0.0522. The number of nitrogens with one attached hydrogen (secondary N) is 2. The summed E-state index contributed by atoms with van der Waals surface area (Å²) in [7, 11) is 0. The number of hydrogen-bond acceptors (Lipinski definition) is 5. The fraction of sp³-hybridized carbons (Fsp3) is 0.450. The summed E-state index contributed by atoms with van der Waals surface area (Å²) in [5, 5.41) is 14.2. The highest BCUT2D eigenvalue weighted by Gasteiger charge is 2.26. The first-order chi connectivity index (χ1) is 13.8. The molecule has 148 valence electrons. The van der Waals surface area contributed by atoms with Crippen LogP contribution in [0.4, 0.5) is 5.95 Å². The molecule has 8 heteroatoms. The van der Waals surface area contributed by atoms with E-state index >= 15 is 0 Å². The second kappa shape index (κ2) is 8.43. The van der Waals surface area contributed by atoms with Gasteiger partial charge in [-0.25, -0.2) is 0 Å². The Hall–Kier alpha value is -2.87. The van der Waals surface area contributed by atoms with Gasteiger partial charge >= 0.3 is 0 Å². The normalized spacial score (nSPS) is 17.2. The predicted octanol–water partition coefficient (Wildman–Crippen LogP) is 2.21. The van der Waals surface area contributed by atoms with Crippen molar-refractivity contribution in [1.29, 1.82) is 0 Å². The minimum Gasteiger partial charge on any atom is -0.377 e. The van der Waals surface area contributed by atoms with Crippen molar-refractivity contribution >= 4 is 5.95 Å². The monoisotopic (exact) mass is 382 g/mol. The van der Waals surface area contributed by atoms with Gasteiger partial charge < -0.3 is 14.7 Å². The number of aryl methyl sites for hydroxylation is 1. The van der Waals surface area contributed by atoms with Gasteiger partial charge in [0.15, 0.2) is 5.82 Å². The molecule has 0 aliphatic carbocycles. The Morgan fingerprint density at radius 3 is 2.86 bits per heavy atom. The van der Waals surface area contributed by atoms with Crippen LogP contribution in [-0.2, 0) is 17.7 Å². The molecule has 0 amide bonds. The van der Waals surface area contributed by atoms with Crippen molar-refractivity contribution in [2.24, 2.45) is 0 Å². The van der Waals surface area contributed by atoms with Gasteiger partial charge in [-0.2, -0.15) is 0 Å². The minimum atomic E-state index is -0.189. The Balaban J connectivity index is 1.65. The number of H-pyrrole nitrogens is 2. The summed E-state index contributed by atoms with van der Waals surface area (Å²) in [5.41, 5.74) is 1.55. The highest BCUT2D eigenvalue weighted by Crippen LogP contribution is 2.24. The van der Waals surface area contributed by atoms with E-state index in [4.69, 9.17) is 4.74 Å². The Bertz CT molecular complexity index is 943. The molecule has 8 nitrogen and oxygen atoms in total. The molecule has 1 saturated heterocycles. The van der Waals surface area contributed by atoms with Crippen LogP contribution in [0.15, 0.2) is 41.3 Å². The molecule has 4 rings (SSSR count). The predicted molar refractivity (Wildman–Crippen MR) is 107 cm³/mol. The number of ether oxygens (including phenoxy) is 1. The zero-order valence-electron chi connectivity index (χ0n) is 16.1. The van der Waals surface area contributed by atoms with Gasteiger partial charge in [0.25, 0.3) is 5.56 Å². The standard InChI is InChI=1S/C20H26N6O2/c1-2-28-16-9-6-11-25(14-16)20-24-22-18(17-13-21-23-19(17)27)26(20)12-10-15-7-4-3-5-8-15/h3-5,7-8,13,16H,2,6,9-12,14H2,1H3,(H2,21,23,27). The third-order valence-electron chi connectivity index (χ3n) is 5.15. The summed E-state index contributed by atoms with van der Waals surface area (Å²) < 4.78 is 7.90. The van der Waals surface area contributed by atoms with Crippen molar-refractivity contribution in [3.8, 4) is 11.4 Å². The lowest BCUT2D eigenvalue weighted by Gasteiger charge is -2.33. The molecule has 0 saturated carbocycles. The third kappa shape index (κ3) is 3.87. The van der Waals surface area contributed by atoms with E-state index in [2.05, 4.69) is 42.0 Å². The van der Waals surface area contributed by atoms with Gasteiger partial charge in [0, 0.05) is 32.4 Å². The van der Waals surface area contributed by atoms with Gasteiger partial charge in [-0.1, -0.05) is 30.3 Å². The number of nitrogens with zero attached hydrogens (tertiary/aromatic N) is 4. The van der Waals surface area contributed by atoms with Crippen molar-refractivity contribution in [1.82, 2.24) is 25.0 Å². The first-order valence-corrected chi connectivity index (χ1v) is 9.86. The molecule has 3 heterocycles. The summed E-state index contributed by atoms with van der Waals surface area (Å²) in [6.45, 7) is 5.14. The van der Waals surface area contributed by atoms with Gasteiger partial charge in [-0.05, 0) is 31.7 Å². The van der Waals surface area contributed by atoms with Crippen molar-refractivity contribution in [2.45, 2.75) is 38.8 Å². The molecule has 0 radical (unpaired) electrons. The quantitative estimate of drug-likeness (QED) is 0.654. The van der Waals surface area contributed by atoms with Gasteiger partial charge in [-0.15, -0.1) is 10.2 Å². The maximum absolute atomic E-state index is 12.2. The molecule has 0 spiro atoms. The molecule has 0 bridgehead atoms. The van der Waals surface area contributed by atoms with Gasteiger partial charge in [0.1, 0.15) is 5.56 Å². The smallest absolute Gasteiger partial charge is 0.274 e. The van der Waals surface area contributed by atoms with Crippen LogP contribution >= 0.6 is 0 Å². The molecule has 1 aliphatic rings. The zero-order chi connectivity index (χ0) is 19.3. The van der Waals surface area contributed by atoms with Crippen LogP contribution in [0.5, 0.6) is 0 Å². The number of aromatic nitrogens is 5. The van der Waals surface area contributed by atoms with Crippen LogP contribution < -0.4 is 10.5 Å². The topological polar surface area (TPSA) is 91.8 Å². The molecule has 2 N–H and O–H groups in total.